The Labute approximate surface area is 393 Å². The maximum atomic E-state index is 15.0. The summed E-state index contributed by atoms with van der Waals surface area (Å²) in [6.45, 7) is 18.6. The molecule has 3 heterocycles. The van der Waals surface area contributed by atoms with E-state index in [1.165, 1.54) is 0 Å². The highest BCUT2D eigenvalue weighted by molar-refractivity contribution is 6.11. The highest BCUT2D eigenvalue weighted by atomic mass is 16.6. The first-order valence-corrected chi connectivity index (χ1v) is 23.6. The third-order valence-corrected chi connectivity index (χ3v) is 17.2. The van der Waals surface area contributed by atoms with Gasteiger partial charge in [0.15, 0.2) is 0 Å². The maximum absolute atomic E-state index is 15.0. The van der Waals surface area contributed by atoms with Crippen LogP contribution in [0.3, 0.4) is 0 Å². The molecule has 0 aromatic heterocycles. The maximum Gasteiger partial charge on any atom is 0.412 e. The number of fused-ring (bicyclic) bond motifs is 4. The normalized spacial score (nSPS) is 28.2. The van der Waals surface area contributed by atoms with E-state index in [-0.39, 0.29) is 24.4 Å². The molecule has 8 rings (SSSR count). The van der Waals surface area contributed by atoms with Crippen molar-refractivity contribution in [2.75, 3.05) is 18.0 Å². The number of carbonyl (C=O) groups is 6. The van der Waals surface area contributed by atoms with Crippen molar-refractivity contribution in [3.63, 3.8) is 0 Å². The van der Waals surface area contributed by atoms with Crippen LogP contribution in [0.5, 0.6) is 0 Å². The smallest absolute Gasteiger partial charge is 0.375 e. The van der Waals surface area contributed by atoms with Crippen molar-refractivity contribution in [2.24, 2.45) is 51.5 Å². The van der Waals surface area contributed by atoms with Crippen LogP contribution in [0.1, 0.15) is 100.0 Å². The highest BCUT2D eigenvalue weighted by Crippen LogP contribution is 2.60. The third kappa shape index (κ3) is 6.72. The van der Waals surface area contributed by atoms with Crippen LogP contribution in [0.2, 0.25) is 0 Å². The largest absolute Gasteiger partial charge is 0.412 e. The van der Waals surface area contributed by atoms with Crippen molar-refractivity contribution in [3.05, 3.63) is 101 Å². The van der Waals surface area contributed by atoms with E-state index >= 15 is 0 Å². The molecule has 7 aliphatic rings. The Hall–Kier alpha value is -5.80. The van der Waals surface area contributed by atoms with Crippen LogP contribution in [0, 0.1) is 28.6 Å². The zero-order valence-electron chi connectivity index (χ0n) is 40.3. The first kappa shape index (κ1) is 47.7. The number of carbonyl (C=O) groups excluding carboxylic acids is 6. The summed E-state index contributed by atoms with van der Waals surface area (Å²) < 4.78 is 10.6. The molecule has 15 nitrogen and oxygen atoms in total. The van der Waals surface area contributed by atoms with Crippen LogP contribution in [0.25, 0.3) is 0 Å². The summed E-state index contributed by atoms with van der Waals surface area (Å²) in [6, 6.07) is 6.86. The monoisotopic (exact) mass is 918 g/mol. The summed E-state index contributed by atoms with van der Waals surface area (Å²) >= 11 is 0. The first-order chi connectivity index (χ1) is 31.3. The molecular formula is C52H67N7O8. The molecule has 0 spiro atoms. The van der Waals surface area contributed by atoms with Gasteiger partial charge in [-0.15, -0.1) is 0 Å². The zero-order valence-corrected chi connectivity index (χ0v) is 40.3. The molecule has 3 aliphatic heterocycles. The van der Waals surface area contributed by atoms with Crippen molar-refractivity contribution in [2.45, 2.75) is 135 Å². The molecule has 15 heteroatoms. The number of benzene rings is 1. The SMILES string of the molecule is CC1CC(C2CCCN2[C@@](C(N)=O)(C(=O)OC(N)=O)C(C)(C)C2C3=CC=C2C=C3)N(c2ccc(C(C)(C)C)cc2)[C@@]1(C)C1CCCN1[C@@](C(N)=O)(C(=O)OC(N)=O)C(C)(C)C1C2=CC=C1C=C2. The van der Waals surface area contributed by atoms with Gasteiger partial charge in [-0.1, -0.05) is 116 Å². The predicted octanol–water partition coefficient (Wildman–Crippen LogP) is 5.74. The van der Waals surface area contributed by atoms with E-state index in [0.717, 1.165) is 33.5 Å². The minimum atomic E-state index is -2.20. The molecule has 4 aliphatic carbocycles. The quantitative estimate of drug-likeness (QED) is 0.138. The Bertz CT molecular complexity index is 2470. The molecular weight excluding hydrogens is 851 g/mol. The average molecular weight is 918 g/mol. The lowest BCUT2D eigenvalue weighted by atomic mass is 9.60. The van der Waals surface area contributed by atoms with Gasteiger partial charge >= 0.3 is 24.1 Å². The molecule has 3 saturated heterocycles. The van der Waals surface area contributed by atoms with E-state index in [1.54, 1.807) is 0 Å². The van der Waals surface area contributed by atoms with Crippen LogP contribution in [-0.4, -0.2) is 93.6 Å². The molecule has 7 atom stereocenters. The van der Waals surface area contributed by atoms with Gasteiger partial charge in [0.05, 0.1) is 5.54 Å². The van der Waals surface area contributed by atoms with Crippen LogP contribution >= 0.6 is 0 Å². The second kappa shape index (κ2) is 16.2. The number of primary amides is 4. The van der Waals surface area contributed by atoms with Gasteiger partial charge in [-0.2, -0.15) is 0 Å². The van der Waals surface area contributed by atoms with E-state index in [4.69, 9.17) is 32.4 Å². The minimum absolute atomic E-state index is 0.177. The topological polar surface area (TPSA) is 235 Å². The van der Waals surface area contributed by atoms with Gasteiger partial charge in [-0.25, -0.2) is 19.2 Å². The zero-order chi connectivity index (χ0) is 49.0. The van der Waals surface area contributed by atoms with Gasteiger partial charge in [-0.05, 0) is 90.3 Å². The summed E-state index contributed by atoms with van der Waals surface area (Å²) in [5.74, 6) is -5.21. The Morgan fingerprint density at radius 1 is 0.612 bits per heavy atom. The van der Waals surface area contributed by atoms with E-state index < -0.39 is 93.3 Å². The summed E-state index contributed by atoms with van der Waals surface area (Å²) in [5.41, 5.74) is 21.9. The van der Waals surface area contributed by atoms with Gasteiger partial charge in [0.25, 0.3) is 0 Å². The van der Waals surface area contributed by atoms with Crippen LogP contribution in [-0.2, 0) is 34.1 Å². The standard InChI is InChI=1S/C52H67N7O8/c1-29-28-37(36-12-10-26-57(36)51(41(53)60,43(62)66-45(55)64)48(5,6)39-30-14-15-31(39)17-16-30)59(35-24-22-34(23-25-35)47(2,3)4)50(29,9)38-13-11-27-58(38)52(42(54)61,44(63)67-46(56)65)49(7,8)40-32-18-19-33(40)21-20-32/h14-25,29,36-40H,10-13,26-28H2,1-9H3,(H2,53,60)(H2,54,61)(H2,55,64)(H2,56,65)/t29?,36?,37?,38?,50-,51+,52+/m1/s1. The lowest BCUT2D eigenvalue weighted by Gasteiger charge is -2.57. The number of allylic oxidation sites excluding steroid dienone is 12. The number of amides is 4. The molecule has 4 unspecified atom stereocenters. The van der Waals surface area contributed by atoms with Gasteiger partial charge in [0, 0.05) is 59.6 Å². The van der Waals surface area contributed by atoms with Crippen LogP contribution in [0.15, 0.2) is 95.2 Å². The number of hydrogen-bond donors (Lipinski definition) is 4. The second-order valence-electron chi connectivity index (χ2n) is 22.1. The molecule has 3 fully saturated rings. The fourth-order valence-corrected chi connectivity index (χ4v) is 14.3. The van der Waals surface area contributed by atoms with Crippen molar-refractivity contribution < 1.29 is 38.2 Å². The van der Waals surface area contributed by atoms with E-state index in [9.17, 15) is 28.8 Å². The predicted molar refractivity (Wildman–Crippen MR) is 253 cm³/mol. The lowest BCUT2D eigenvalue weighted by molar-refractivity contribution is -0.173. The third-order valence-electron chi connectivity index (χ3n) is 17.2. The summed E-state index contributed by atoms with van der Waals surface area (Å²) in [7, 11) is 0. The number of ether oxygens (including phenoxy) is 2. The Kier molecular flexibility index (Phi) is 11.5. The Balaban J connectivity index is 1.32. The van der Waals surface area contributed by atoms with Crippen LogP contribution < -0.4 is 27.8 Å². The Morgan fingerprint density at radius 3 is 1.43 bits per heavy atom. The van der Waals surface area contributed by atoms with Crippen molar-refractivity contribution in [1.82, 2.24) is 9.80 Å². The fourth-order valence-electron chi connectivity index (χ4n) is 14.3. The summed E-state index contributed by atoms with van der Waals surface area (Å²) in [6.07, 6.45) is 15.8. The summed E-state index contributed by atoms with van der Waals surface area (Å²) in [5, 5.41) is 0. The number of nitrogens with zero attached hydrogens (tertiary/aromatic N) is 3. The number of esters is 2. The average Bonchev–Trinajstić information content (AvgIpc) is 4.11. The number of nitrogens with two attached hydrogens (primary N) is 4. The van der Waals surface area contributed by atoms with Crippen molar-refractivity contribution in [1.29, 1.82) is 0 Å². The molecule has 358 valence electrons. The highest BCUT2D eigenvalue weighted by Gasteiger charge is 2.72. The molecule has 67 heavy (non-hydrogen) atoms. The van der Waals surface area contributed by atoms with Gasteiger partial charge in [0.2, 0.25) is 22.9 Å². The fraction of sp³-hybridized carbons (Fsp3) is 0.538. The van der Waals surface area contributed by atoms with E-state index in [1.807, 2.05) is 86.1 Å². The number of anilines is 1. The lowest BCUT2D eigenvalue weighted by Crippen LogP contribution is -2.77. The number of likely N-dealkylation sites (tertiary alicyclic amines) is 2. The second-order valence-corrected chi connectivity index (χ2v) is 22.1. The van der Waals surface area contributed by atoms with Crippen molar-refractivity contribution in [3.8, 4) is 0 Å². The van der Waals surface area contributed by atoms with Gasteiger partial charge in [0.1, 0.15) is 0 Å². The molecule has 1 aromatic rings. The number of hydrogen-bond acceptors (Lipinski definition) is 11. The molecule has 4 bridgehead atoms. The number of rotatable bonds is 13. The molecule has 1 aromatic carbocycles. The molecule has 8 N–H and O–H groups in total. The van der Waals surface area contributed by atoms with E-state index in [0.29, 0.717) is 32.1 Å². The van der Waals surface area contributed by atoms with Gasteiger partial charge < -0.3 is 37.3 Å². The minimum Gasteiger partial charge on any atom is -0.375 e. The molecule has 0 saturated carbocycles. The molecule has 4 amide bonds. The van der Waals surface area contributed by atoms with E-state index in [2.05, 4.69) is 63.8 Å². The Morgan fingerprint density at radius 2 is 1.03 bits per heavy atom. The first-order valence-electron chi connectivity index (χ1n) is 23.6. The van der Waals surface area contributed by atoms with Crippen molar-refractivity contribution >= 4 is 41.6 Å². The molecule has 0 radical (unpaired) electrons. The van der Waals surface area contributed by atoms with Crippen LogP contribution in [0.4, 0.5) is 15.3 Å². The summed E-state index contributed by atoms with van der Waals surface area (Å²) in [4.78, 5) is 90.5. The van der Waals surface area contributed by atoms with Gasteiger partial charge in [-0.3, -0.25) is 19.4 Å².